The molecule has 0 aromatic heterocycles. The molecule has 0 saturated heterocycles. The number of nitrogens with zero attached hydrogens (tertiary/aromatic N) is 1. The third-order valence-electron chi connectivity index (χ3n) is 2.72. The lowest BCUT2D eigenvalue weighted by atomic mass is 9.99. The number of aryl methyl sites for hydroxylation is 1. The van der Waals surface area contributed by atoms with E-state index in [1.165, 1.54) is 5.56 Å². The predicted octanol–water partition coefficient (Wildman–Crippen LogP) is 0.222. The molecular formula is C10H16N4. The Morgan fingerprint density at radius 1 is 1.43 bits per heavy atom. The SMILES string of the molecule is NCN1c2ccc(N)cc2CCC1N. The molecule has 6 N–H and O–H groups in total. The van der Waals surface area contributed by atoms with Crippen molar-refractivity contribution in [3.05, 3.63) is 23.8 Å². The highest BCUT2D eigenvalue weighted by atomic mass is 15.3. The van der Waals surface area contributed by atoms with Crippen LogP contribution in [0, 0.1) is 0 Å². The smallest absolute Gasteiger partial charge is 0.0787 e. The Labute approximate surface area is 83.7 Å². The normalized spacial score (nSPS) is 20.7. The summed E-state index contributed by atoms with van der Waals surface area (Å²) in [6.45, 7) is 0.456. The van der Waals surface area contributed by atoms with Crippen LogP contribution in [0.2, 0.25) is 0 Å². The molecule has 0 fully saturated rings. The van der Waals surface area contributed by atoms with Gasteiger partial charge in [-0.2, -0.15) is 0 Å². The Hall–Kier alpha value is -1.26. The van der Waals surface area contributed by atoms with Gasteiger partial charge in [-0.25, -0.2) is 0 Å². The summed E-state index contributed by atoms with van der Waals surface area (Å²) in [7, 11) is 0. The Morgan fingerprint density at radius 2 is 2.21 bits per heavy atom. The standard InChI is InChI=1S/C10H16N4/c11-6-14-9-3-2-8(12)5-7(9)1-4-10(14)13/h2-3,5,10H,1,4,6,11-13H2. The topological polar surface area (TPSA) is 81.3 Å². The molecule has 0 bridgehead atoms. The summed E-state index contributed by atoms with van der Waals surface area (Å²) in [5, 5.41) is 0. The summed E-state index contributed by atoms with van der Waals surface area (Å²) < 4.78 is 0. The molecule has 14 heavy (non-hydrogen) atoms. The maximum absolute atomic E-state index is 5.96. The van der Waals surface area contributed by atoms with Gasteiger partial charge in [-0.1, -0.05) is 0 Å². The molecule has 4 nitrogen and oxygen atoms in total. The van der Waals surface area contributed by atoms with Crippen LogP contribution in [0.4, 0.5) is 11.4 Å². The number of fused-ring (bicyclic) bond motifs is 1. The maximum Gasteiger partial charge on any atom is 0.0787 e. The van der Waals surface area contributed by atoms with Crippen molar-refractivity contribution in [1.82, 2.24) is 0 Å². The van der Waals surface area contributed by atoms with Crippen molar-refractivity contribution < 1.29 is 0 Å². The van der Waals surface area contributed by atoms with E-state index in [4.69, 9.17) is 17.2 Å². The Bertz CT molecular complexity index is 337. The molecule has 0 aliphatic carbocycles. The van der Waals surface area contributed by atoms with Crippen molar-refractivity contribution in [3.8, 4) is 0 Å². The van der Waals surface area contributed by atoms with Gasteiger partial charge < -0.3 is 22.1 Å². The van der Waals surface area contributed by atoms with E-state index >= 15 is 0 Å². The average molecular weight is 192 g/mol. The molecule has 1 aromatic carbocycles. The van der Waals surface area contributed by atoms with Gasteiger partial charge >= 0.3 is 0 Å². The fraction of sp³-hybridized carbons (Fsp3) is 0.400. The second-order valence-corrected chi connectivity index (χ2v) is 3.65. The highest BCUT2D eigenvalue weighted by molar-refractivity contribution is 5.61. The van der Waals surface area contributed by atoms with Crippen LogP contribution in [0.3, 0.4) is 0 Å². The number of hydrogen-bond donors (Lipinski definition) is 3. The van der Waals surface area contributed by atoms with E-state index in [2.05, 4.69) is 0 Å². The summed E-state index contributed by atoms with van der Waals surface area (Å²) >= 11 is 0. The number of nitrogens with two attached hydrogens (primary N) is 3. The zero-order valence-corrected chi connectivity index (χ0v) is 8.11. The zero-order chi connectivity index (χ0) is 10.1. The first kappa shape index (κ1) is 9.30. The van der Waals surface area contributed by atoms with Crippen molar-refractivity contribution >= 4 is 11.4 Å². The second kappa shape index (κ2) is 3.48. The van der Waals surface area contributed by atoms with Crippen LogP contribution in [0.5, 0.6) is 0 Å². The number of nitrogen functional groups attached to an aromatic ring is 1. The van der Waals surface area contributed by atoms with E-state index in [-0.39, 0.29) is 6.17 Å². The van der Waals surface area contributed by atoms with Gasteiger partial charge in [0.2, 0.25) is 0 Å². The van der Waals surface area contributed by atoms with Crippen molar-refractivity contribution in [3.63, 3.8) is 0 Å². The van der Waals surface area contributed by atoms with E-state index in [0.717, 1.165) is 24.2 Å². The van der Waals surface area contributed by atoms with Crippen LogP contribution in [0.25, 0.3) is 0 Å². The summed E-state index contributed by atoms with van der Waals surface area (Å²) in [6.07, 6.45) is 1.96. The quantitative estimate of drug-likeness (QED) is 0.556. The number of hydrogen-bond acceptors (Lipinski definition) is 4. The van der Waals surface area contributed by atoms with Crippen LogP contribution in [-0.2, 0) is 6.42 Å². The van der Waals surface area contributed by atoms with Crippen molar-refractivity contribution in [2.45, 2.75) is 19.0 Å². The summed E-state index contributed by atoms with van der Waals surface area (Å²) in [6, 6.07) is 5.89. The van der Waals surface area contributed by atoms with E-state index in [1.54, 1.807) is 0 Å². The van der Waals surface area contributed by atoms with Crippen LogP contribution >= 0.6 is 0 Å². The van der Waals surface area contributed by atoms with Gasteiger partial charge in [-0.15, -0.1) is 0 Å². The van der Waals surface area contributed by atoms with Gasteiger partial charge in [0.1, 0.15) is 0 Å². The molecule has 76 valence electrons. The fourth-order valence-electron chi connectivity index (χ4n) is 1.96. The molecule has 1 aromatic rings. The van der Waals surface area contributed by atoms with Gasteiger partial charge in [0.15, 0.2) is 0 Å². The third-order valence-corrected chi connectivity index (χ3v) is 2.72. The lowest BCUT2D eigenvalue weighted by Gasteiger charge is -2.35. The van der Waals surface area contributed by atoms with E-state index in [1.807, 2.05) is 23.1 Å². The molecule has 1 aliphatic heterocycles. The molecule has 1 heterocycles. The number of rotatable bonds is 1. The molecule has 0 amide bonds. The molecule has 0 radical (unpaired) electrons. The van der Waals surface area contributed by atoms with Crippen molar-refractivity contribution in [2.24, 2.45) is 11.5 Å². The first-order valence-corrected chi connectivity index (χ1v) is 4.83. The summed E-state index contributed by atoms with van der Waals surface area (Å²) in [5.74, 6) is 0. The van der Waals surface area contributed by atoms with Gasteiger partial charge in [0, 0.05) is 11.4 Å². The highest BCUT2D eigenvalue weighted by Gasteiger charge is 2.21. The molecule has 1 atom stereocenters. The van der Waals surface area contributed by atoms with Gasteiger partial charge in [-0.3, -0.25) is 0 Å². The van der Waals surface area contributed by atoms with E-state index < -0.39 is 0 Å². The van der Waals surface area contributed by atoms with E-state index in [9.17, 15) is 0 Å². The Balaban J connectivity index is 2.41. The fourth-order valence-corrected chi connectivity index (χ4v) is 1.96. The minimum Gasteiger partial charge on any atom is -0.399 e. The number of anilines is 2. The van der Waals surface area contributed by atoms with Crippen LogP contribution < -0.4 is 22.1 Å². The molecule has 4 heteroatoms. The van der Waals surface area contributed by atoms with Gasteiger partial charge in [0.05, 0.1) is 12.8 Å². The van der Waals surface area contributed by atoms with Crippen molar-refractivity contribution in [1.29, 1.82) is 0 Å². The molecule has 0 saturated carbocycles. The van der Waals surface area contributed by atoms with Crippen molar-refractivity contribution in [2.75, 3.05) is 17.3 Å². The van der Waals surface area contributed by atoms with Crippen LogP contribution in [0.15, 0.2) is 18.2 Å². The highest BCUT2D eigenvalue weighted by Crippen LogP contribution is 2.29. The maximum atomic E-state index is 5.96. The lowest BCUT2D eigenvalue weighted by Crippen LogP contribution is -2.48. The largest absolute Gasteiger partial charge is 0.399 e. The Morgan fingerprint density at radius 3 is 2.93 bits per heavy atom. The molecular weight excluding hydrogens is 176 g/mol. The Kier molecular flexibility index (Phi) is 2.31. The first-order chi connectivity index (χ1) is 6.72. The first-order valence-electron chi connectivity index (χ1n) is 4.83. The lowest BCUT2D eigenvalue weighted by molar-refractivity contribution is 0.547. The van der Waals surface area contributed by atoms with Crippen LogP contribution in [0.1, 0.15) is 12.0 Å². The second-order valence-electron chi connectivity index (χ2n) is 3.65. The monoisotopic (exact) mass is 192 g/mol. The summed E-state index contributed by atoms with van der Waals surface area (Å²) in [5.41, 5.74) is 20.5. The number of benzene rings is 1. The average Bonchev–Trinajstić information content (AvgIpc) is 2.18. The molecule has 1 aliphatic rings. The molecule has 2 rings (SSSR count). The van der Waals surface area contributed by atoms with Gasteiger partial charge in [-0.05, 0) is 36.6 Å². The predicted molar refractivity (Wildman–Crippen MR) is 58.7 cm³/mol. The minimum absolute atomic E-state index is 0.0381. The zero-order valence-electron chi connectivity index (χ0n) is 8.11. The van der Waals surface area contributed by atoms with Crippen LogP contribution in [-0.4, -0.2) is 12.8 Å². The molecule has 1 unspecified atom stereocenters. The van der Waals surface area contributed by atoms with E-state index in [0.29, 0.717) is 6.67 Å². The summed E-state index contributed by atoms with van der Waals surface area (Å²) in [4.78, 5) is 2.01. The molecule has 0 spiro atoms. The third kappa shape index (κ3) is 1.42. The van der Waals surface area contributed by atoms with Gasteiger partial charge in [0.25, 0.3) is 0 Å². The minimum atomic E-state index is 0.0381.